The number of carbonyl (C=O) groups is 1. The maximum absolute atomic E-state index is 12.7. The van der Waals surface area contributed by atoms with Gasteiger partial charge < -0.3 is 10.6 Å². The van der Waals surface area contributed by atoms with E-state index in [-0.39, 0.29) is 11.8 Å². The lowest BCUT2D eigenvalue weighted by atomic mass is 9.76. The van der Waals surface area contributed by atoms with E-state index in [4.69, 9.17) is 5.73 Å². The summed E-state index contributed by atoms with van der Waals surface area (Å²) < 4.78 is 0. The molecular weight excluding hydrogens is 236 g/mol. The van der Waals surface area contributed by atoms with E-state index < -0.39 is 0 Å². The second-order valence-corrected chi connectivity index (χ2v) is 5.25. The monoisotopic (exact) mass is 260 g/mol. The van der Waals surface area contributed by atoms with Gasteiger partial charge in [-0.05, 0) is 30.4 Å². The minimum atomic E-state index is 0.0587. The average Bonchev–Trinajstić information content (AvgIpc) is 2.40. The molecule has 0 aromatic heterocycles. The molecule has 1 aliphatic carbocycles. The highest BCUT2D eigenvalue weighted by Gasteiger charge is 2.35. The summed E-state index contributed by atoms with van der Waals surface area (Å²) in [6.45, 7) is 5.49. The van der Waals surface area contributed by atoms with Crippen molar-refractivity contribution in [3.63, 3.8) is 0 Å². The van der Waals surface area contributed by atoms with E-state index in [0.29, 0.717) is 19.1 Å². The Balaban J connectivity index is 2.13. The standard InChI is InChI=1S/C16H24N2O/c1-3-13(4-2)18(10-9-17)16(19)15-11-12-7-5-6-8-14(12)15/h5-8,13,15H,3-4,9-11,17H2,1-2H3. The highest BCUT2D eigenvalue weighted by Crippen LogP contribution is 2.36. The van der Waals surface area contributed by atoms with Gasteiger partial charge in [-0.2, -0.15) is 0 Å². The Labute approximate surface area is 115 Å². The molecule has 0 fully saturated rings. The summed E-state index contributed by atoms with van der Waals surface area (Å²) in [6.07, 6.45) is 2.88. The summed E-state index contributed by atoms with van der Waals surface area (Å²) in [5.74, 6) is 0.321. The first-order chi connectivity index (χ1) is 9.22. The summed E-state index contributed by atoms with van der Waals surface area (Å²) in [7, 11) is 0. The number of amides is 1. The van der Waals surface area contributed by atoms with E-state index in [1.165, 1.54) is 11.1 Å². The quantitative estimate of drug-likeness (QED) is 0.853. The molecule has 3 heteroatoms. The molecule has 104 valence electrons. The molecule has 2 rings (SSSR count). The van der Waals surface area contributed by atoms with Gasteiger partial charge >= 0.3 is 0 Å². The Morgan fingerprint density at radius 3 is 2.63 bits per heavy atom. The van der Waals surface area contributed by atoms with Crippen molar-refractivity contribution in [2.75, 3.05) is 13.1 Å². The number of hydrogen-bond acceptors (Lipinski definition) is 2. The lowest BCUT2D eigenvalue weighted by Crippen LogP contribution is -2.47. The average molecular weight is 260 g/mol. The summed E-state index contributed by atoms with van der Waals surface area (Å²) in [5.41, 5.74) is 8.20. The SMILES string of the molecule is CCC(CC)N(CCN)C(=O)C1Cc2ccccc21. The molecule has 0 bridgehead atoms. The molecule has 0 saturated carbocycles. The number of nitrogens with two attached hydrogens (primary N) is 1. The molecule has 1 atom stereocenters. The molecule has 1 unspecified atom stereocenters. The second kappa shape index (κ2) is 6.20. The van der Waals surface area contributed by atoms with Gasteiger partial charge in [-0.1, -0.05) is 38.1 Å². The Morgan fingerprint density at radius 1 is 1.37 bits per heavy atom. The molecule has 0 spiro atoms. The van der Waals surface area contributed by atoms with Gasteiger partial charge in [-0.3, -0.25) is 4.79 Å². The molecule has 1 aliphatic rings. The number of fused-ring (bicyclic) bond motifs is 1. The van der Waals surface area contributed by atoms with E-state index >= 15 is 0 Å². The van der Waals surface area contributed by atoms with Crippen LogP contribution in [0, 0.1) is 0 Å². The van der Waals surface area contributed by atoms with E-state index in [0.717, 1.165) is 19.3 Å². The van der Waals surface area contributed by atoms with Crippen molar-refractivity contribution in [3.8, 4) is 0 Å². The van der Waals surface area contributed by atoms with E-state index in [2.05, 4.69) is 26.0 Å². The molecule has 0 radical (unpaired) electrons. The maximum Gasteiger partial charge on any atom is 0.230 e. The molecule has 0 aliphatic heterocycles. The number of benzene rings is 1. The predicted molar refractivity (Wildman–Crippen MR) is 78.0 cm³/mol. The van der Waals surface area contributed by atoms with Crippen LogP contribution in [0.5, 0.6) is 0 Å². The first kappa shape index (κ1) is 14.1. The normalized spacial score (nSPS) is 16.9. The van der Waals surface area contributed by atoms with Crippen LogP contribution in [0.3, 0.4) is 0 Å². The van der Waals surface area contributed by atoms with Gasteiger partial charge in [-0.15, -0.1) is 0 Å². The molecule has 19 heavy (non-hydrogen) atoms. The van der Waals surface area contributed by atoms with Gasteiger partial charge in [-0.25, -0.2) is 0 Å². The van der Waals surface area contributed by atoms with Crippen LogP contribution in [0.1, 0.15) is 43.7 Å². The Morgan fingerprint density at radius 2 is 2.05 bits per heavy atom. The fraction of sp³-hybridized carbons (Fsp3) is 0.562. The third-order valence-corrected chi connectivity index (χ3v) is 4.19. The maximum atomic E-state index is 12.7. The van der Waals surface area contributed by atoms with Crippen molar-refractivity contribution < 1.29 is 4.79 Å². The lowest BCUT2D eigenvalue weighted by molar-refractivity contribution is -0.135. The summed E-state index contributed by atoms with van der Waals surface area (Å²) in [4.78, 5) is 14.7. The first-order valence-corrected chi connectivity index (χ1v) is 7.31. The number of nitrogens with zero attached hydrogens (tertiary/aromatic N) is 1. The zero-order valence-electron chi connectivity index (χ0n) is 11.9. The van der Waals surface area contributed by atoms with Crippen LogP contribution in [0.4, 0.5) is 0 Å². The third kappa shape index (κ3) is 2.66. The predicted octanol–water partition coefficient (Wildman–Crippen LogP) is 2.30. The van der Waals surface area contributed by atoms with Crippen LogP contribution in [0.25, 0.3) is 0 Å². The van der Waals surface area contributed by atoms with Crippen LogP contribution in [-0.4, -0.2) is 29.9 Å². The minimum absolute atomic E-state index is 0.0587. The Kier molecular flexibility index (Phi) is 4.59. The van der Waals surface area contributed by atoms with E-state index in [1.54, 1.807) is 0 Å². The van der Waals surface area contributed by atoms with Crippen molar-refractivity contribution in [2.45, 2.75) is 45.1 Å². The third-order valence-electron chi connectivity index (χ3n) is 4.19. The van der Waals surface area contributed by atoms with E-state index in [9.17, 15) is 4.79 Å². The van der Waals surface area contributed by atoms with Crippen LogP contribution >= 0.6 is 0 Å². The molecule has 0 heterocycles. The van der Waals surface area contributed by atoms with Crippen molar-refractivity contribution in [1.82, 2.24) is 4.90 Å². The topological polar surface area (TPSA) is 46.3 Å². The van der Waals surface area contributed by atoms with Gasteiger partial charge in [0.05, 0.1) is 5.92 Å². The molecule has 1 aromatic carbocycles. The smallest absolute Gasteiger partial charge is 0.230 e. The van der Waals surface area contributed by atoms with Gasteiger partial charge in [0.25, 0.3) is 0 Å². The fourth-order valence-corrected chi connectivity index (χ4v) is 3.02. The molecule has 1 amide bonds. The van der Waals surface area contributed by atoms with E-state index in [1.807, 2.05) is 17.0 Å². The van der Waals surface area contributed by atoms with Crippen molar-refractivity contribution in [2.24, 2.45) is 5.73 Å². The summed E-state index contributed by atoms with van der Waals surface area (Å²) >= 11 is 0. The Bertz CT molecular complexity index is 440. The molecule has 1 aromatic rings. The van der Waals surface area contributed by atoms with Crippen LogP contribution in [0.2, 0.25) is 0 Å². The molecule has 2 N–H and O–H groups in total. The minimum Gasteiger partial charge on any atom is -0.338 e. The first-order valence-electron chi connectivity index (χ1n) is 7.31. The Hall–Kier alpha value is -1.35. The van der Waals surface area contributed by atoms with Crippen LogP contribution < -0.4 is 5.73 Å². The highest BCUT2D eigenvalue weighted by molar-refractivity contribution is 5.87. The fourth-order valence-electron chi connectivity index (χ4n) is 3.02. The van der Waals surface area contributed by atoms with Crippen LogP contribution in [-0.2, 0) is 11.2 Å². The van der Waals surface area contributed by atoms with Gasteiger partial charge in [0.2, 0.25) is 5.91 Å². The highest BCUT2D eigenvalue weighted by atomic mass is 16.2. The molecule has 0 saturated heterocycles. The second-order valence-electron chi connectivity index (χ2n) is 5.25. The molecular formula is C16H24N2O. The van der Waals surface area contributed by atoms with Gasteiger partial charge in [0.15, 0.2) is 0 Å². The zero-order chi connectivity index (χ0) is 13.8. The number of carbonyl (C=O) groups excluding carboxylic acids is 1. The van der Waals surface area contributed by atoms with Gasteiger partial charge in [0.1, 0.15) is 0 Å². The van der Waals surface area contributed by atoms with Crippen molar-refractivity contribution >= 4 is 5.91 Å². The van der Waals surface area contributed by atoms with Crippen LogP contribution in [0.15, 0.2) is 24.3 Å². The van der Waals surface area contributed by atoms with Gasteiger partial charge in [0, 0.05) is 19.1 Å². The van der Waals surface area contributed by atoms with Crippen molar-refractivity contribution in [3.05, 3.63) is 35.4 Å². The number of rotatable bonds is 6. The zero-order valence-corrected chi connectivity index (χ0v) is 11.9. The summed E-state index contributed by atoms with van der Waals surface area (Å²) in [6, 6.07) is 8.57. The molecule has 3 nitrogen and oxygen atoms in total. The lowest BCUT2D eigenvalue weighted by Gasteiger charge is -2.37. The summed E-state index contributed by atoms with van der Waals surface area (Å²) in [5, 5.41) is 0. The number of hydrogen-bond donors (Lipinski definition) is 1. The largest absolute Gasteiger partial charge is 0.338 e. The van der Waals surface area contributed by atoms with Crippen molar-refractivity contribution in [1.29, 1.82) is 0 Å².